The molecule has 6 nitrogen and oxygen atoms in total. The second kappa shape index (κ2) is 7.15. The van der Waals surface area contributed by atoms with E-state index in [1.807, 2.05) is 39.0 Å². The van der Waals surface area contributed by atoms with E-state index in [-0.39, 0.29) is 18.5 Å². The van der Waals surface area contributed by atoms with Crippen LogP contribution in [0.2, 0.25) is 0 Å². The Morgan fingerprint density at radius 2 is 2.04 bits per heavy atom. The topological polar surface area (TPSA) is 74.2 Å². The molecule has 0 spiro atoms. The van der Waals surface area contributed by atoms with Crippen LogP contribution in [-0.4, -0.2) is 31.1 Å². The van der Waals surface area contributed by atoms with E-state index in [0.29, 0.717) is 35.0 Å². The maximum absolute atomic E-state index is 11.8. The molecular formula is C20H22O6. The number of fused-ring (bicyclic) bond motifs is 1. The van der Waals surface area contributed by atoms with Crippen LogP contribution in [0.5, 0.6) is 23.0 Å². The Kier molecular flexibility index (Phi) is 4.93. The highest BCUT2D eigenvalue weighted by molar-refractivity contribution is 5.91. The third-order valence-corrected chi connectivity index (χ3v) is 4.16. The molecule has 3 rings (SSSR count). The number of rotatable bonds is 6. The third-order valence-electron chi connectivity index (χ3n) is 4.16. The molecule has 0 aromatic heterocycles. The quantitative estimate of drug-likeness (QED) is 0.846. The van der Waals surface area contributed by atoms with E-state index in [1.165, 1.54) is 7.11 Å². The van der Waals surface area contributed by atoms with Gasteiger partial charge in [-0.15, -0.1) is 0 Å². The first-order valence-electron chi connectivity index (χ1n) is 8.40. The molecule has 0 bridgehead atoms. The fourth-order valence-electron chi connectivity index (χ4n) is 3.09. The van der Waals surface area contributed by atoms with Crippen LogP contribution in [0, 0.1) is 6.92 Å². The van der Waals surface area contributed by atoms with E-state index in [9.17, 15) is 9.90 Å². The van der Waals surface area contributed by atoms with Crippen LogP contribution in [0.25, 0.3) is 0 Å². The summed E-state index contributed by atoms with van der Waals surface area (Å²) in [5, 5.41) is 9.70. The Morgan fingerprint density at radius 1 is 1.27 bits per heavy atom. The predicted octanol–water partition coefficient (Wildman–Crippen LogP) is 3.81. The molecule has 138 valence electrons. The average molecular weight is 358 g/mol. The summed E-state index contributed by atoms with van der Waals surface area (Å²) >= 11 is 0. The van der Waals surface area contributed by atoms with Crippen molar-refractivity contribution in [3.05, 3.63) is 46.5 Å². The van der Waals surface area contributed by atoms with E-state index in [0.717, 1.165) is 11.1 Å². The van der Waals surface area contributed by atoms with Crippen molar-refractivity contribution in [2.24, 2.45) is 0 Å². The number of benzene rings is 2. The molecule has 0 atom stereocenters. The molecule has 0 saturated carbocycles. The molecule has 26 heavy (non-hydrogen) atoms. The average Bonchev–Trinajstić information content (AvgIpc) is 3.06. The minimum Gasteiger partial charge on any atom is -0.493 e. The molecule has 6 heteroatoms. The van der Waals surface area contributed by atoms with Crippen molar-refractivity contribution < 1.29 is 28.8 Å². The highest BCUT2D eigenvalue weighted by Gasteiger charge is 2.25. The Morgan fingerprint density at radius 3 is 2.69 bits per heavy atom. The lowest BCUT2D eigenvalue weighted by Gasteiger charge is -2.21. The number of aromatic carboxylic acids is 1. The SMILES string of the molecule is COc1c(Cc2cccc3c2OCO3)c(C(=O)O)cc(C)c1OC(C)C. The highest BCUT2D eigenvalue weighted by atomic mass is 16.7. The summed E-state index contributed by atoms with van der Waals surface area (Å²) in [6.45, 7) is 5.80. The lowest BCUT2D eigenvalue weighted by atomic mass is 9.95. The van der Waals surface area contributed by atoms with Crippen LogP contribution in [0.3, 0.4) is 0 Å². The number of carboxylic acids is 1. The van der Waals surface area contributed by atoms with Crippen molar-refractivity contribution in [2.45, 2.75) is 33.3 Å². The van der Waals surface area contributed by atoms with Crippen molar-refractivity contribution >= 4 is 5.97 Å². The number of hydrogen-bond donors (Lipinski definition) is 1. The predicted molar refractivity (Wildman–Crippen MR) is 95.8 cm³/mol. The summed E-state index contributed by atoms with van der Waals surface area (Å²) in [6, 6.07) is 7.19. The minimum atomic E-state index is -1.01. The second-order valence-electron chi connectivity index (χ2n) is 6.38. The fraction of sp³-hybridized carbons (Fsp3) is 0.350. The van der Waals surface area contributed by atoms with Gasteiger partial charge in [0.25, 0.3) is 0 Å². The summed E-state index contributed by atoms with van der Waals surface area (Å²) in [4.78, 5) is 11.8. The third kappa shape index (κ3) is 3.27. The molecule has 1 heterocycles. The maximum atomic E-state index is 11.8. The Hall–Kier alpha value is -2.89. The molecule has 1 aliphatic heterocycles. The number of aryl methyl sites for hydroxylation is 1. The fourth-order valence-corrected chi connectivity index (χ4v) is 3.09. The zero-order valence-electron chi connectivity index (χ0n) is 15.3. The van der Waals surface area contributed by atoms with Crippen molar-refractivity contribution in [3.8, 4) is 23.0 Å². The smallest absolute Gasteiger partial charge is 0.336 e. The number of methoxy groups -OCH3 is 1. The van der Waals surface area contributed by atoms with Gasteiger partial charge >= 0.3 is 5.97 Å². The normalized spacial score (nSPS) is 12.3. The number of hydrogen-bond acceptors (Lipinski definition) is 5. The van der Waals surface area contributed by atoms with Crippen molar-refractivity contribution in [2.75, 3.05) is 13.9 Å². The summed E-state index contributed by atoms with van der Waals surface area (Å²) < 4.78 is 22.4. The maximum Gasteiger partial charge on any atom is 0.336 e. The van der Waals surface area contributed by atoms with Gasteiger partial charge in [-0.05, 0) is 38.5 Å². The van der Waals surface area contributed by atoms with Gasteiger partial charge in [0.05, 0.1) is 18.8 Å². The first kappa shape index (κ1) is 17.9. The molecule has 0 amide bonds. The minimum absolute atomic E-state index is 0.0659. The molecule has 0 fully saturated rings. The Bertz CT molecular complexity index is 841. The molecule has 1 aliphatic rings. The zero-order valence-corrected chi connectivity index (χ0v) is 15.3. The summed E-state index contributed by atoms with van der Waals surface area (Å²) in [7, 11) is 1.52. The number of carboxylic acid groups (broad SMARTS) is 1. The summed E-state index contributed by atoms with van der Waals surface area (Å²) in [6.07, 6.45) is 0.260. The van der Waals surface area contributed by atoms with Gasteiger partial charge in [-0.25, -0.2) is 4.79 Å². The first-order chi connectivity index (χ1) is 12.4. The van der Waals surface area contributed by atoms with Gasteiger partial charge in [0.1, 0.15) is 0 Å². The van der Waals surface area contributed by atoms with Gasteiger partial charge in [-0.3, -0.25) is 0 Å². The number of carbonyl (C=O) groups is 1. The largest absolute Gasteiger partial charge is 0.493 e. The van der Waals surface area contributed by atoms with Gasteiger partial charge in [0, 0.05) is 17.5 Å². The van der Waals surface area contributed by atoms with Gasteiger partial charge in [0.15, 0.2) is 23.0 Å². The highest BCUT2D eigenvalue weighted by Crippen LogP contribution is 2.42. The second-order valence-corrected chi connectivity index (χ2v) is 6.38. The van der Waals surface area contributed by atoms with Gasteiger partial charge in [-0.1, -0.05) is 12.1 Å². The van der Waals surface area contributed by atoms with E-state index in [1.54, 1.807) is 6.07 Å². The van der Waals surface area contributed by atoms with Crippen molar-refractivity contribution in [1.29, 1.82) is 0 Å². The van der Waals surface area contributed by atoms with Crippen LogP contribution >= 0.6 is 0 Å². The summed E-state index contributed by atoms with van der Waals surface area (Å²) in [5.41, 5.74) is 2.28. The Balaban J connectivity index is 2.15. The van der Waals surface area contributed by atoms with Crippen molar-refractivity contribution in [1.82, 2.24) is 0 Å². The molecule has 1 N–H and O–H groups in total. The molecule has 0 saturated heterocycles. The number of ether oxygens (including phenoxy) is 4. The van der Waals surface area contributed by atoms with E-state index in [2.05, 4.69) is 0 Å². The van der Waals surface area contributed by atoms with Crippen LogP contribution in [-0.2, 0) is 6.42 Å². The number of para-hydroxylation sites is 1. The molecule has 0 radical (unpaired) electrons. The van der Waals surface area contributed by atoms with Gasteiger partial charge in [-0.2, -0.15) is 0 Å². The lowest BCUT2D eigenvalue weighted by Crippen LogP contribution is -2.12. The first-order valence-corrected chi connectivity index (χ1v) is 8.40. The van der Waals surface area contributed by atoms with E-state index < -0.39 is 5.97 Å². The monoisotopic (exact) mass is 358 g/mol. The zero-order chi connectivity index (χ0) is 18.8. The lowest BCUT2D eigenvalue weighted by molar-refractivity contribution is 0.0695. The molecule has 0 aliphatic carbocycles. The van der Waals surface area contributed by atoms with Crippen LogP contribution < -0.4 is 18.9 Å². The van der Waals surface area contributed by atoms with Crippen molar-refractivity contribution in [3.63, 3.8) is 0 Å². The van der Waals surface area contributed by atoms with E-state index in [4.69, 9.17) is 18.9 Å². The molecule has 2 aromatic carbocycles. The molecule has 0 unspecified atom stereocenters. The molecule has 2 aromatic rings. The summed E-state index contributed by atoms with van der Waals surface area (Å²) in [5.74, 6) is 1.28. The van der Waals surface area contributed by atoms with Crippen LogP contribution in [0.4, 0.5) is 0 Å². The Labute approximate surface area is 152 Å². The van der Waals surface area contributed by atoms with Gasteiger partial charge < -0.3 is 24.1 Å². The standard InChI is InChI=1S/C20H22O6/c1-11(2)26-17-12(3)8-15(20(21)22)14(19(17)23-4)9-13-6-5-7-16-18(13)25-10-24-16/h5-8,11H,9-10H2,1-4H3,(H,21,22). The van der Waals surface area contributed by atoms with Gasteiger partial charge in [0.2, 0.25) is 6.79 Å². The van der Waals surface area contributed by atoms with Crippen LogP contribution in [0.15, 0.2) is 24.3 Å². The molecular weight excluding hydrogens is 336 g/mol. The van der Waals surface area contributed by atoms with E-state index >= 15 is 0 Å². The van der Waals surface area contributed by atoms with Crippen LogP contribution in [0.1, 0.15) is 40.9 Å².